The van der Waals surface area contributed by atoms with Gasteiger partial charge in [-0.2, -0.15) is 0 Å². The van der Waals surface area contributed by atoms with Gasteiger partial charge in [-0.1, -0.05) is 41.9 Å². The van der Waals surface area contributed by atoms with E-state index in [1.165, 1.54) is 6.33 Å². The Morgan fingerprint density at radius 2 is 1.88 bits per heavy atom. The van der Waals surface area contributed by atoms with Crippen LogP contribution in [0.1, 0.15) is 0 Å². The first-order valence-electron chi connectivity index (χ1n) is 7.25. The average molecular weight is 354 g/mol. The Labute approximate surface area is 147 Å². The molecule has 2 heterocycles. The Hall–Kier alpha value is -2.63. The van der Waals surface area contributed by atoms with Crippen LogP contribution in [0.4, 0.5) is 11.5 Å². The molecule has 4 nitrogen and oxygen atoms in total. The number of aromatic hydroxyl groups is 1. The molecule has 4 rings (SSSR count). The van der Waals surface area contributed by atoms with Gasteiger partial charge in [0.05, 0.1) is 11.1 Å². The summed E-state index contributed by atoms with van der Waals surface area (Å²) in [5, 5.41) is 16.7. The Morgan fingerprint density at radius 3 is 2.71 bits per heavy atom. The van der Waals surface area contributed by atoms with Crippen molar-refractivity contribution in [3.63, 3.8) is 0 Å². The third-order valence-electron chi connectivity index (χ3n) is 3.67. The van der Waals surface area contributed by atoms with Gasteiger partial charge < -0.3 is 10.4 Å². The van der Waals surface area contributed by atoms with E-state index < -0.39 is 0 Å². The van der Waals surface area contributed by atoms with Gasteiger partial charge in [-0.25, -0.2) is 9.97 Å². The fraction of sp³-hybridized carbons (Fsp3) is 0. The van der Waals surface area contributed by atoms with E-state index in [2.05, 4.69) is 32.8 Å². The summed E-state index contributed by atoms with van der Waals surface area (Å²) in [4.78, 5) is 9.59. The van der Waals surface area contributed by atoms with Gasteiger partial charge in [0.1, 0.15) is 22.7 Å². The molecule has 118 valence electrons. The fourth-order valence-corrected chi connectivity index (χ4v) is 3.62. The van der Waals surface area contributed by atoms with Gasteiger partial charge in [-0.05, 0) is 23.8 Å². The van der Waals surface area contributed by atoms with E-state index >= 15 is 0 Å². The third kappa shape index (κ3) is 2.68. The number of fused-ring (bicyclic) bond motifs is 1. The number of hydrogen-bond donors (Lipinski definition) is 2. The number of thiophene rings is 1. The summed E-state index contributed by atoms with van der Waals surface area (Å²) in [6.07, 6.45) is 1.51. The molecule has 0 aliphatic rings. The first-order chi connectivity index (χ1) is 11.7. The number of phenolic OH excluding ortho intramolecular Hbond substituents is 1. The number of benzene rings is 2. The summed E-state index contributed by atoms with van der Waals surface area (Å²) in [6.45, 7) is 0. The summed E-state index contributed by atoms with van der Waals surface area (Å²) < 4.78 is 0. The van der Waals surface area contributed by atoms with E-state index in [1.807, 2.05) is 18.2 Å². The molecule has 0 saturated heterocycles. The van der Waals surface area contributed by atoms with Crippen molar-refractivity contribution in [1.82, 2.24) is 9.97 Å². The van der Waals surface area contributed by atoms with Crippen molar-refractivity contribution in [2.24, 2.45) is 0 Å². The van der Waals surface area contributed by atoms with Crippen LogP contribution in [-0.2, 0) is 0 Å². The number of rotatable bonds is 3. The Bertz CT molecular complexity index is 1020. The van der Waals surface area contributed by atoms with E-state index in [9.17, 15) is 5.11 Å². The van der Waals surface area contributed by atoms with Crippen molar-refractivity contribution < 1.29 is 5.11 Å². The predicted molar refractivity (Wildman–Crippen MR) is 99.3 cm³/mol. The van der Waals surface area contributed by atoms with E-state index in [0.717, 1.165) is 21.3 Å². The maximum Gasteiger partial charge on any atom is 0.143 e. The Morgan fingerprint density at radius 1 is 1.04 bits per heavy atom. The van der Waals surface area contributed by atoms with Gasteiger partial charge in [-0.3, -0.25) is 0 Å². The molecule has 2 N–H and O–H groups in total. The highest BCUT2D eigenvalue weighted by Gasteiger charge is 2.14. The van der Waals surface area contributed by atoms with Crippen molar-refractivity contribution >= 4 is 44.7 Å². The molecule has 6 heteroatoms. The number of aromatic nitrogens is 2. The molecule has 0 radical (unpaired) electrons. The molecule has 0 amide bonds. The zero-order valence-electron chi connectivity index (χ0n) is 12.4. The predicted octanol–water partition coefficient (Wildman–Crippen LogP) is 5.46. The van der Waals surface area contributed by atoms with Crippen molar-refractivity contribution in [2.45, 2.75) is 0 Å². The Kier molecular flexibility index (Phi) is 3.80. The average Bonchev–Trinajstić information content (AvgIpc) is 3.04. The number of nitrogens with zero attached hydrogens (tertiary/aromatic N) is 2. The molecule has 0 aliphatic carbocycles. The topological polar surface area (TPSA) is 58.0 Å². The maximum atomic E-state index is 10.0. The second-order valence-corrected chi connectivity index (χ2v) is 6.50. The van der Waals surface area contributed by atoms with Crippen LogP contribution in [0.15, 0.2) is 60.2 Å². The lowest BCUT2D eigenvalue weighted by atomic mass is 10.1. The lowest BCUT2D eigenvalue weighted by Gasteiger charge is -2.10. The summed E-state index contributed by atoms with van der Waals surface area (Å²) in [5.74, 6) is 0.750. The van der Waals surface area contributed by atoms with Gasteiger partial charge in [0.25, 0.3) is 0 Å². The molecule has 4 aromatic rings. The van der Waals surface area contributed by atoms with E-state index in [0.29, 0.717) is 16.5 Å². The lowest BCUT2D eigenvalue weighted by molar-refractivity contribution is 0.478. The summed E-state index contributed by atoms with van der Waals surface area (Å²) >= 11 is 7.59. The monoisotopic (exact) mass is 353 g/mol. The quantitative estimate of drug-likeness (QED) is 0.480. The molecule has 0 bridgehead atoms. The van der Waals surface area contributed by atoms with Crippen molar-refractivity contribution in [3.05, 3.63) is 65.3 Å². The lowest BCUT2D eigenvalue weighted by Crippen LogP contribution is -1.96. The number of phenols is 1. The normalized spacial score (nSPS) is 10.9. The standard InChI is InChI=1S/C18H12ClN3OS/c19-12-6-7-15(23)14(8-12)22-17-16-13(11-4-2-1-3-5-11)9-24-18(16)21-10-20-17/h1-10,23H,(H,20,21,22). The highest BCUT2D eigenvalue weighted by atomic mass is 35.5. The molecule has 0 aliphatic heterocycles. The van der Waals surface area contributed by atoms with Crippen molar-refractivity contribution in [3.8, 4) is 16.9 Å². The molecular formula is C18H12ClN3OS. The molecule has 0 fully saturated rings. The molecule has 0 saturated carbocycles. The fourth-order valence-electron chi connectivity index (χ4n) is 2.54. The van der Waals surface area contributed by atoms with Gasteiger partial charge in [-0.15, -0.1) is 11.3 Å². The van der Waals surface area contributed by atoms with Crippen LogP contribution >= 0.6 is 22.9 Å². The van der Waals surface area contributed by atoms with Crippen LogP contribution in [0.3, 0.4) is 0 Å². The van der Waals surface area contributed by atoms with Crippen LogP contribution < -0.4 is 5.32 Å². The molecule has 2 aromatic carbocycles. The highest BCUT2D eigenvalue weighted by Crippen LogP contribution is 2.38. The number of hydrogen-bond acceptors (Lipinski definition) is 5. The summed E-state index contributed by atoms with van der Waals surface area (Å²) in [5.41, 5.74) is 2.66. The van der Waals surface area contributed by atoms with Crippen LogP contribution in [0.2, 0.25) is 5.02 Å². The van der Waals surface area contributed by atoms with E-state index in [1.54, 1.807) is 29.5 Å². The van der Waals surface area contributed by atoms with Crippen LogP contribution in [0, 0.1) is 0 Å². The number of anilines is 2. The molecule has 0 atom stereocenters. The Balaban J connectivity index is 1.87. The van der Waals surface area contributed by atoms with Crippen molar-refractivity contribution in [1.29, 1.82) is 0 Å². The van der Waals surface area contributed by atoms with Gasteiger partial charge >= 0.3 is 0 Å². The van der Waals surface area contributed by atoms with Gasteiger partial charge in [0.2, 0.25) is 0 Å². The SMILES string of the molecule is Oc1ccc(Cl)cc1Nc1ncnc2scc(-c3ccccc3)c12. The smallest absolute Gasteiger partial charge is 0.143 e. The third-order valence-corrected chi connectivity index (χ3v) is 4.79. The molecule has 2 aromatic heterocycles. The van der Waals surface area contributed by atoms with Gasteiger partial charge in [0, 0.05) is 16.0 Å². The molecule has 0 spiro atoms. The summed E-state index contributed by atoms with van der Waals surface area (Å²) in [7, 11) is 0. The maximum absolute atomic E-state index is 10.0. The van der Waals surface area contributed by atoms with Crippen LogP contribution in [-0.4, -0.2) is 15.1 Å². The second kappa shape index (κ2) is 6.11. The highest BCUT2D eigenvalue weighted by molar-refractivity contribution is 7.17. The first kappa shape index (κ1) is 14.9. The molecule has 24 heavy (non-hydrogen) atoms. The van der Waals surface area contributed by atoms with E-state index in [-0.39, 0.29) is 5.75 Å². The minimum Gasteiger partial charge on any atom is -0.506 e. The minimum atomic E-state index is 0.114. The molecule has 0 unspecified atom stereocenters. The van der Waals surface area contributed by atoms with Crippen LogP contribution in [0.5, 0.6) is 5.75 Å². The second-order valence-electron chi connectivity index (χ2n) is 5.20. The van der Waals surface area contributed by atoms with Crippen molar-refractivity contribution in [2.75, 3.05) is 5.32 Å². The summed E-state index contributed by atoms with van der Waals surface area (Å²) in [6, 6.07) is 14.9. The van der Waals surface area contributed by atoms with E-state index in [4.69, 9.17) is 11.6 Å². The molecular weight excluding hydrogens is 342 g/mol. The van der Waals surface area contributed by atoms with Gasteiger partial charge in [0.15, 0.2) is 0 Å². The number of nitrogens with one attached hydrogen (secondary N) is 1. The zero-order chi connectivity index (χ0) is 16.5. The number of halogens is 1. The zero-order valence-corrected chi connectivity index (χ0v) is 14.0. The minimum absolute atomic E-state index is 0.114. The first-order valence-corrected chi connectivity index (χ1v) is 8.51. The van der Waals surface area contributed by atoms with Crippen LogP contribution in [0.25, 0.3) is 21.3 Å². The largest absolute Gasteiger partial charge is 0.506 e.